The van der Waals surface area contributed by atoms with E-state index >= 15 is 0 Å². The molecule has 49 heavy (non-hydrogen) atoms. The Balaban J connectivity index is 0.000000617. The summed E-state index contributed by atoms with van der Waals surface area (Å²) in [6, 6.07) is 17.0. The summed E-state index contributed by atoms with van der Waals surface area (Å²) < 4.78 is 18.0. The highest BCUT2D eigenvalue weighted by atomic mass is 35.5. The molecule has 258 valence electrons. The molecule has 8 nitrogen and oxygen atoms in total. The van der Waals surface area contributed by atoms with Crippen molar-refractivity contribution in [3.05, 3.63) is 93.1 Å². The van der Waals surface area contributed by atoms with Crippen LogP contribution in [-0.4, -0.2) is 48.7 Å². The molecule has 1 aromatic heterocycles. The van der Waals surface area contributed by atoms with Crippen molar-refractivity contribution in [2.24, 2.45) is 16.8 Å². The highest BCUT2D eigenvalue weighted by Crippen LogP contribution is 2.51. The summed E-state index contributed by atoms with van der Waals surface area (Å²) in [6.45, 7) is 6.60. The largest absolute Gasteiger partial charge is 0.496 e. The average molecular weight is 702 g/mol. The first-order valence-electron chi connectivity index (χ1n) is 16.8. The van der Waals surface area contributed by atoms with Crippen LogP contribution in [0.1, 0.15) is 82.1 Å². The predicted octanol–water partition coefficient (Wildman–Crippen LogP) is 8.71. The van der Waals surface area contributed by atoms with Gasteiger partial charge in [0.1, 0.15) is 22.7 Å². The fourth-order valence-corrected chi connectivity index (χ4v) is 8.72. The van der Waals surface area contributed by atoms with Gasteiger partial charge in [-0.25, -0.2) is 9.79 Å². The van der Waals surface area contributed by atoms with E-state index in [2.05, 4.69) is 24.4 Å². The van der Waals surface area contributed by atoms with Crippen LogP contribution in [0, 0.1) is 25.7 Å². The number of hydrogen-bond donors (Lipinski definition) is 1. The van der Waals surface area contributed by atoms with Crippen LogP contribution >= 0.6 is 23.4 Å². The highest BCUT2D eigenvalue weighted by Gasteiger charge is 2.41. The van der Waals surface area contributed by atoms with Gasteiger partial charge in [-0.2, -0.15) is 0 Å². The average Bonchev–Trinajstić information content (AvgIpc) is 3.39. The Hall–Kier alpha value is -3.95. The second kappa shape index (κ2) is 14.5. The third kappa shape index (κ3) is 7.19. The Labute approximate surface area is 297 Å². The number of fused-ring (bicyclic) bond motifs is 2. The van der Waals surface area contributed by atoms with E-state index in [4.69, 9.17) is 30.8 Å². The maximum absolute atomic E-state index is 13.9. The van der Waals surface area contributed by atoms with Crippen LogP contribution in [0.5, 0.6) is 11.5 Å². The number of methoxy groups -OCH3 is 3. The number of nitrogens with one attached hydrogen (secondary N) is 1. The number of carbonyl (C=O) groups excluding carboxylic acids is 2. The SMILES string of the molecule is C1CC2CC2C1.CCC1(c2cc(OC)c(Cl)cc2OC)CSC(NC(=O)c2cc3cc(C)cc(C)c3n2Cc2ccc(C(=O)OC)cc2)=N1. The van der Waals surface area contributed by atoms with Gasteiger partial charge in [0.05, 0.1) is 37.4 Å². The first kappa shape index (κ1) is 34.9. The summed E-state index contributed by atoms with van der Waals surface area (Å²) in [5, 5.41) is 5.05. The number of aryl methyl sites for hydroxylation is 2. The maximum Gasteiger partial charge on any atom is 0.337 e. The summed E-state index contributed by atoms with van der Waals surface area (Å²) in [5.41, 5.74) is 5.33. The molecule has 1 aliphatic heterocycles. The number of rotatable bonds is 8. The number of amides is 1. The number of halogens is 1. The fraction of sp³-hybridized carbons (Fsp3) is 0.410. The van der Waals surface area contributed by atoms with Crippen molar-refractivity contribution < 1.29 is 23.8 Å². The van der Waals surface area contributed by atoms with E-state index in [-0.39, 0.29) is 5.91 Å². The molecule has 1 N–H and O–H groups in total. The van der Waals surface area contributed by atoms with Gasteiger partial charge in [-0.15, -0.1) is 0 Å². The standard InChI is InChI=1S/C33H34ClN3O5S.C6H10/c1-7-33(24-15-28(41-5)25(34)16-27(24)40-4)18-43-32(36-33)35-30(38)26-14-23-13-19(2)12-20(3)29(23)37(26)17-21-8-10-22(11-9-21)31(39)42-6;1-2-5-4-6(5)3-1/h8-16H,7,17-18H2,1-6H3,(H,35,36,38);5-6H,1-4H2. The number of hydrogen-bond acceptors (Lipinski definition) is 7. The summed E-state index contributed by atoms with van der Waals surface area (Å²) in [4.78, 5) is 30.9. The van der Waals surface area contributed by atoms with Gasteiger partial charge in [-0.1, -0.05) is 73.3 Å². The number of nitrogens with zero attached hydrogens (tertiary/aromatic N) is 2. The van der Waals surface area contributed by atoms with Crippen LogP contribution in [0.2, 0.25) is 5.02 Å². The van der Waals surface area contributed by atoms with Gasteiger partial charge in [0.25, 0.3) is 5.91 Å². The number of ether oxygens (including phenoxy) is 3. The van der Waals surface area contributed by atoms with E-state index in [1.54, 1.807) is 51.7 Å². The van der Waals surface area contributed by atoms with Gasteiger partial charge in [0, 0.05) is 29.3 Å². The molecular formula is C39H44ClN3O5S. The summed E-state index contributed by atoms with van der Waals surface area (Å²) in [6.07, 6.45) is 6.92. The van der Waals surface area contributed by atoms with Gasteiger partial charge >= 0.3 is 5.97 Å². The number of aliphatic imine (C=N–C) groups is 1. The third-order valence-electron chi connectivity index (χ3n) is 10.0. The molecule has 2 aliphatic carbocycles. The molecular weight excluding hydrogens is 658 g/mol. The Morgan fingerprint density at radius 2 is 1.71 bits per heavy atom. The quantitative estimate of drug-likeness (QED) is 0.185. The van der Waals surface area contributed by atoms with Gasteiger partial charge in [-0.05, 0) is 80.0 Å². The zero-order valence-electron chi connectivity index (χ0n) is 29.0. The van der Waals surface area contributed by atoms with Crippen molar-refractivity contribution >= 4 is 51.3 Å². The molecule has 2 fully saturated rings. The molecule has 1 amide bonds. The lowest BCUT2D eigenvalue weighted by Crippen LogP contribution is -2.30. The van der Waals surface area contributed by atoms with Crippen molar-refractivity contribution in [3.8, 4) is 11.5 Å². The van der Waals surface area contributed by atoms with Crippen LogP contribution in [0.15, 0.2) is 59.6 Å². The van der Waals surface area contributed by atoms with Crippen molar-refractivity contribution in [2.45, 2.75) is 65.0 Å². The Bertz CT molecular complexity index is 1910. The van der Waals surface area contributed by atoms with Gasteiger partial charge in [-0.3, -0.25) is 10.1 Å². The number of esters is 1. The molecule has 10 heteroatoms. The van der Waals surface area contributed by atoms with Crippen LogP contribution < -0.4 is 14.8 Å². The first-order valence-corrected chi connectivity index (χ1v) is 18.2. The van der Waals surface area contributed by atoms with E-state index in [0.29, 0.717) is 51.7 Å². The molecule has 3 atom stereocenters. The zero-order chi connectivity index (χ0) is 34.9. The highest BCUT2D eigenvalue weighted by molar-refractivity contribution is 8.14. The lowest BCUT2D eigenvalue weighted by molar-refractivity contribution is 0.0600. The Morgan fingerprint density at radius 3 is 2.31 bits per heavy atom. The van der Waals surface area contributed by atoms with Crippen molar-refractivity contribution in [3.63, 3.8) is 0 Å². The zero-order valence-corrected chi connectivity index (χ0v) is 30.6. The number of amidine groups is 1. The van der Waals surface area contributed by atoms with Crippen LogP contribution in [0.25, 0.3) is 10.9 Å². The van der Waals surface area contributed by atoms with E-state index in [1.165, 1.54) is 37.1 Å². The van der Waals surface area contributed by atoms with Crippen LogP contribution in [0.3, 0.4) is 0 Å². The molecule has 3 aliphatic rings. The predicted molar refractivity (Wildman–Crippen MR) is 198 cm³/mol. The first-order chi connectivity index (χ1) is 23.6. The second-order valence-electron chi connectivity index (χ2n) is 13.2. The van der Waals surface area contributed by atoms with E-state index in [9.17, 15) is 9.59 Å². The minimum Gasteiger partial charge on any atom is -0.496 e. The molecule has 0 radical (unpaired) electrons. The Morgan fingerprint density at radius 1 is 1.00 bits per heavy atom. The number of thioether (sulfide) groups is 1. The second-order valence-corrected chi connectivity index (χ2v) is 14.6. The van der Waals surface area contributed by atoms with Crippen molar-refractivity contribution in [2.75, 3.05) is 27.1 Å². The number of benzene rings is 3. The molecule has 0 bridgehead atoms. The van der Waals surface area contributed by atoms with Crippen LogP contribution in [0.4, 0.5) is 0 Å². The van der Waals surface area contributed by atoms with Gasteiger partial charge in [0.2, 0.25) is 0 Å². The Kier molecular flexibility index (Phi) is 10.3. The lowest BCUT2D eigenvalue weighted by atomic mass is 9.89. The van der Waals surface area contributed by atoms with Crippen molar-refractivity contribution in [1.82, 2.24) is 9.88 Å². The van der Waals surface area contributed by atoms with Gasteiger partial charge < -0.3 is 18.8 Å². The smallest absolute Gasteiger partial charge is 0.337 e. The lowest BCUT2D eigenvalue weighted by Gasteiger charge is -2.26. The molecule has 4 aromatic rings. The minimum atomic E-state index is -0.627. The third-order valence-corrected chi connectivity index (χ3v) is 11.4. The minimum absolute atomic E-state index is 0.252. The summed E-state index contributed by atoms with van der Waals surface area (Å²) >= 11 is 7.86. The van der Waals surface area contributed by atoms with Gasteiger partial charge in [0.15, 0.2) is 5.17 Å². The van der Waals surface area contributed by atoms with Crippen molar-refractivity contribution in [1.29, 1.82) is 0 Å². The summed E-state index contributed by atoms with van der Waals surface area (Å²) in [7, 11) is 4.54. The number of carbonyl (C=O) groups is 2. The summed E-state index contributed by atoms with van der Waals surface area (Å²) in [5.74, 6) is 3.56. The maximum atomic E-state index is 13.9. The van der Waals surface area contributed by atoms with E-state index in [0.717, 1.165) is 33.2 Å². The van der Waals surface area contributed by atoms with E-state index < -0.39 is 11.5 Å². The molecule has 0 saturated heterocycles. The molecule has 7 rings (SSSR count). The van der Waals surface area contributed by atoms with E-state index in [1.807, 2.05) is 42.7 Å². The molecule has 0 spiro atoms. The topological polar surface area (TPSA) is 91.2 Å². The molecule has 3 aromatic carbocycles. The molecule has 3 unspecified atom stereocenters. The fourth-order valence-electron chi connectivity index (χ4n) is 7.28. The van der Waals surface area contributed by atoms with Crippen LogP contribution in [-0.2, 0) is 16.8 Å². The molecule has 2 heterocycles. The monoisotopic (exact) mass is 701 g/mol. The molecule has 2 saturated carbocycles. The normalized spacial score (nSPS) is 20.6. The number of aromatic nitrogens is 1.